The molecule has 0 aliphatic carbocycles. The van der Waals surface area contributed by atoms with Crippen molar-refractivity contribution in [2.45, 2.75) is 12.0 Å². The van der Waals surface area contributed by atoms with E-state index in [1.165, 1.54) is 0 Å². The van der Waals surface area contributed by atoms with Gasteiger partial charge < -0.3 is 26.2 Å². The van der Waals surface area contributed by atoms with Gasteiger partial charge in [-0.3, -0.25) is 9.59 Å². The Labute approximate surface area is 97.5 Å². The van der Waals surface area contributed by atoms with Crippen molar-refractivity contribution in [2.75, 3.05) is 26.3 Å². The first-order valence-corrected chi connectivity index (χ1v) is 5.09. The van der Waals surface area contributed by atoms with Crippen LogP contribution in [0.15, 0.2) is 0 Å². The van der Waals surface area contributed by atoms with E-state index in [9.17, 15) is 14.4 Å². The molecule has 8 heteroatoms. The van der Waals surface area contributed by atoms with Gasteiger partial charge in [-0.1, -0.05) is 0 Å². The molecular weight excluding hydrogens is 230 g/mol. The van der Waals surface area contributed by atoms with Crippen LogP contribution in [0.25, 0.3) is 0 Å². The van der Waals surface area contributed by atoms with Gasteiger partial charge in [0.1, 0.15) is 0 Å². The summed E-state index contributed by atoms with van der Waals surface area (Å²) in [7, 11) is 0. The van der Waals surface area contributed by atoms with Crippen LogP contribution in [-0.2, 0) is 19.1 Å². The molecule has 1 heterocycles. The summed E-state index contributed by atoms with van der Waals surface area (Å²) in [5.74, 6) is -2.21. The summed E-state index contributed by atoms with van der Waals surface area (Å²) in [4.78, 5) is 33.3. The molecule has 1 saturated heterocycles. The molecule has 0 spiro atoms. The zero-order chi connectivity index (χ0) is 12.9. The molecule has 1 aliphatic rings. The number of nitrogens with two attached hydrogens (primary N) is 1. The summed E-state index contributed by atoms with van der Waals surface area (Å²) in [6.45, 7) is -0.313. The van der Waals surface area contributed by atoms with E-state index in [0.717, 1.165) is 0 Å². The molecule has 8 nitrogen and oxygen atoms in total. The first-order valence-electron chi connectivity index (χ1n) is 5.09. The van der Waals surface area contributed by atoms with E-state index in [1.807, 2.05) is 0 Å². The smallest absolute Gasteiger partial charge is 0.331 e. The lowest BCUT2D eigenvalue weighted by Crippen LogP contribution is -2.57. The number of carbonyl (C=O) groups excluding carboxylic acids is 2. The molecule has 2 amide bonds. The average Bonchev–Trinajstić information content (AvgIpc) is 2.75. The predicted molar refractivity (Wildman–Crippen MR) is 56.0 cm³/mol. The second kappa shape index (κ2) is 5.60. The lowest BCUT2D eigenvalue weighted by Gasteiger charge is -2.23. The third-order valence-electron chi connectivity index (χ3n) is 2.44. The summed E-state index contributed by atoms with van der Waals surface area (Å²) in [6.07, 6.45) is 0.207. The van der Waals surface area contributed by atoms with Crippen LogP contribution in [0.4, 0.5) is 0 Å². The zero-order valence-corrected chi connectivity index (χ0v) is 9.19. The minimum absolute atomic E-state index is 0.0705. The molecule has 1 fully saturated rings. The maximum atomic E-state index is 11.4. The Morgan fingerprint density at radius 1 is 1.35 bits per heavy atom. The summed E-state index contributed by atoms with van der Waals surface area (Å²) in [5, 5.41) is 13.6. The third-order valence-corrected chi connectivity index (χ3v) is 2.44. The number of hydrogen-bond acceptors (Lipinski definition) is 5. The highest BCUT2D eigenvalue weighted by molar-refractivity contribution is 5.90. The van der Waals surface area contributed by atoms with E-state index in [1.54, 1.807) is 0 Å². The van der Waals surface area contributed by atoms with E-state index >= 15 is 0 Å². The van der Waals surface area contributed by atoms with Crippen LogP contribution in [0.3, 0.4) is 0 Å². The minimum atomic E-state index is -1.38. The van der Waals surface area contributed by atoms with E-state index in [4.69, 9.17) is 15.6 Å². The molecule has 1 rings (SSSR count). The summed E-state index contributed by atoms with van der Waals surface area (Å²) in [6, 6.07) is 0. The number of carbonyl (C=O) groups is 3. The molecule has 0 aromatic rings. The molecule has 5 N–H and O–H groups in total. The lowest BCUT2D eigenvalue weighted by atomic mass is 9.99. The highest BCUT2D eigenvalue weighted by Crippen LogP contribution is 2.18. The highest BCUT2D eigenvalue weighted by atomic mass is 16.5. The maximum absolute atomic E-state index is 11.4. The number of nitrogens with one attached hydrogen (secondary N) is 2. The quantitative estimate of drug-likeness (QED) is 0.421. The summed E-state index contributed by atoms with van der Waals surface area (Å²) >= 11 is 0. The number of carboxylic acids is 1. The van der Waals surface area contributed by atoms with Crippen molar-refractivity contribution in [3.8, 4) is 0 Å². The van der Waals surface area contributed by atoms with Gasteiger partial charge in [0.05, 0.1) is 19.7 Å². The molecular formula is C9H15N3O5. The van der Waals surface area contributed by atoms with Crippen molar-refractivity contribution < 1.29 is 24.2 Å². The lowest BCUT2D eigenvalue weighted by molar-refractivity contribution is -0.147. The Kier molecular flexibility index (Phi) is 4.41. The summed E-state index contributed by atoms with van der Waals surface area (Å²) in [5.41, 5.74) is 3.65. The van der Waals surface area contributed by atoms with Gasteiger partial charge in [0.15, 0.2) is 5.54 Å². The monoisotopic (exact) mass is 245 g/mol. The molecule has 0 bridgehead atoms. The van der Waals surface area contributed by atoms with Crippen molar-refractivity contribution in [3.05, 3.63) is 0 Å². The van der Waals surface area contributed by atoms with Gasteiger partial charge in [-0.2, -0.15) is 0 Å². The Morgan fingerprint density at radius 3 is 2.53 bits per heavy atom. The van der Waals surface area contributed by atoms with E-state index < -0.39 is 23.3 Å². The Morgan fingerprint density at radius 2 is 2.06 bits per heavy atom. The van der Waals surface area contributed by atoms with Crippen LogP contribution >= 0.6 is 0 Å². The third kappa shape index (κ3) is 3.40. The standard InChI is InChI=1S/C9H15N3O5/c10-3-6(13)11-4-7(14)12-9(8(15)16)1-2-17-5-9/h1-5,10H2,(H,11,13)(H,12,14)(H,15,16). The SMILES string of the molecule is NCC(=O)NCC(=O)NC1(C(=O)O)CCOC1. The van der Waals surface area contributed by atoms with E-state index in [0.29, 0.717) is 0 Å². The number of carboxylic acid groups (broad SMARTS) is 1. The van der Waals surface area contributed by atoms with Crippen LogP contribution in [0, 0.1) is 0 Å². The average molecular weight is 245 g/mol. The molecule has 0 saturated carbocycles. The molecule has 17 heavy (non-hydrogen) atoms. The fraction of sp³-hybridized carbons (Fsp3) is 0.667. The van der Waals surface area contributed by atoms with Crippen molar-refractivity contribution >= 4 is 17.8 Å². The second-order valence-electron chi connectivity index (χ2n) is 3.72. The van der Waals surface area contributed by atoms with Gasteiger partial charge in [0.2, 0.25) is 11.8 Å². The Hall–Kier alpha value is -1.67. The molecule has 0 aromatic heterocycles. The Balaban J connectivity index is 2.48. The molecule has 96 valence electrons. The second-order valence-corrected chi connectivity index (χ2v) is 3.72. The molecule has 1 atom stereocenters. The highest BCUT2D eigenvalue weighted by Gasteiger charge is 2.43. The van der Waals surface area contributed by atoms with Crippen molar-refractivity contribution in [1.82, 2.24) is 10.6 Å². The molecule has 0 radical (unpaired) electrons. The Bertz CT molecular complexity index is 325. The number of amides is 2. The van der Waals surface area contributed by atoms with Crippen LogP contribution in [0.5, 0.6) is 0 Å². The van der Waals surface area contributed by atoms with Gasteiger partial charge in [0.25, 0.3) is 0 Å². The summed E-state index contributed by atoms with van der Waals surface area (Å²) < 4.78 is 4.97. The predicted octanol–water partition coefficient (Wildman–Crippen LogP) is -2.58. The van der Waals surface area contributed by atoms with Gasteiger partial charge in [-0.15, -0.1) is 0 Å². The van der Waals surface area contributed by atoms with Crippen LogP contribution in [0.1, 0.15) is 6.42 Å². The fourth-order valence-corrected chi connectivity index (χ4v) is 1.45. The minimum Gasteiger partial charge on any atom is -0.479 e. The van der Waals surface area contributed by atoms with Crippen molar-refractivity contribution in [1.29, 1.82) is 0 Å². The van der Waals surface area contributed by atoms with Gasteiger partial charge in [0, 0.05) is 13.0 Å². The molecule has 1 aliphatic heterocycles. The number of rotatable bonds is 5. The van der Waals surface area contributed by atoms with Crippen LogP contribution < -0.4 is 16.4 Å². The first kappa shape index (κ1) is 13.4. The normalized spacial score (nSPS) is 23.1. The fourth-order valence-electron chi connectivity index (χ4n) is 1.45. The van der Waals surface area contributed by atoms with Crippen molar-refractivity contribution in [2.24, 2.45) is 5.73 Å². The van der Waals surface area contributed by atoms with Gasteiger partial charge in [-0.05, 0) is 0 Å². The van der Waals surface area contributed by atoms with Gasteiger partial charge >= 0.3 is 5.97 Å². The maximum Gasteiger partial charge on any atom is 0.331 e. The van der Waals surface area contributed by atoms with Crippen LogP contribution in [-0.4, -0.2) is 54.7 Å². The zero-order valence-electron chi connectivity index (χ0n) is 9.19. The number of hydrogen-bond donors (Lipinski definition) is 4. The van der Waals surface area contributed by atoms with E-state index in [2.05, 4.69) is 10.6 Å². The van der Waals surface area contributed by atoms with Gasteiger partial charge in [-0.25, -0.2) is 4.79 Å². The van der Waals surface area contributed by atoms with Crippen molar-refractivity contribution in [3.63, 3.8) is 0 Å². The first-order chi connectivity index (χ1) is 8.00. The molecule has 1 unspecified atom stereocenters. The largest absolute Gasteiger partial charge is 0.479 e. The topological polar surface area (TPSA) is 131 Å². The number of ether oxygens (including phenoxy) is 1. The van der Waals surface area contributed by atoms with Crippen LogP contribution in [0.2, 0.25) is 0 Å². The molecule has 0 aromatic carbocycles. The number of aliphatic carboxylic acids is 1. The van der Waals surface area contributed by atoms with E-state index in [-0.39, 0.29) is 32.7 Å².